The molecule has 0 bridgehead atoms. The van der Waals surface area contributed by atoms with Crippen molar-refractivity contribution in [1.29, 1.82) is 0 Å². The van der Waals surface area contributed by atoms with Crippen molar-refractivity contribution >= 4 is 17.3 Å². The van der Waals surface area contributed by atoms with Gasteiger partial charge in [0.1, 0.15) is 5.76 Å². The van der Waals surface area contributed by atoms with Crippen molar-refractivity contribution in [1.82, 2.24) is 10.6 Å². The zero-order chi connectivity index (χ0) is 14.9. The molecule has 0 aliphatic heterocycles. The maximum Gasteiger partial charge on any atom is 0.191 e. The predicted octanol–water partition coefficient (Wildman–Crippen LogP) is 3.28. The molecule has 2 aromatic rings. The molecule has 2 heterocycles. The third-order valence-corrected chi connectivity index (χ3v) is 3.76. The molecule has 4 nitrogen and oxygen atoms in total. The van der Waals surface area contributed by atoms with Crippen molar-refractivity contribution in [3.05, 3.63) is 46.5 Å². The minimum absolute atomic E-state index is 0.587. The fourth-order valence-corrected chi connectivity index (χ4v) is 2.42. The summed E-state index contributed by atoms with van der Waals surface area (Å²) >= 11 is 1.73. The van der Waals surface area contributed by atoms with Crippen LogP contribution in [0.2, 0.25) is 0 Å². The Morgan fingerprint density at radius 1 is 1.29 bits per heavy atom. The first-order valence-electron chi connectivity index (χ1n) is 7.31. The maximum absolute atomic E-state index is 5.33. The summed E-state index contributed by atoms with van der Waals surface area (Å²) in [6.07, 6.45) is 2.56. The summed E-state index contributed by atoms with van der Waals surface area (Å²) < 4.78 is 5.33. The highest BCUT2D eigenvalue weighted by atomic mass is 32.1. The van der Waals surface area contributed by atoms with Crippen LogP contribution in [-0.4, -0.2) is 19.0 Å². The second-order valence-corrected chi connectivity index (χ2v) is 6.31. The van der Waals surface area contributed by atoms with Crippen LogP contribution in [0.4, 0.5) is 0 Å². The number of nitrogens with one attached hydrogen (secondary N) is 2. The van der Waals surface area contributed by atoms with Crippen LogP contribution in [0.3, 0.4) is 0 Å². The molecule has 0 spiro atoms. The van der Waals surface area contributed by atoms with E-state index in [1.54, 1.807) is 17.6 Å². The number of hydrogen-bond acceptors (Lipinski definition) is 3. The molecule has 0 aromatic carbocycles. The summed E-state index contributed by atoms with van der Waals surface area (Å²) in [7, 11) is 0. The van der Waals surface area contributed by atoms with E-state index in [0.717, 1.165) is 31.2 Å². The Labute approximate surface area is 130 Å². The van der Waals surface area contributed by atoms with E-state index in [2.05, 4.69) is 47.0 Å². The van der Waals surface area contributed by atoms with E-state index < -0.39 is 0 Å². The molecule has 0 saturated heterocycles. The quantitative estimate of drug-likeness (QED) is 0.610. The van der Waals surface area contributed by atoms with Crippen LogP contribution in [0, 0.1) is 5.92 Å². The van der Waals surface area contributed by atoms with Gasteiger partial charge in [0, 0.05) is 24.4 Å². The molecule has 5 heteroatoms. The highest BCUT2D eigenvalue weighted by Crippen LogP contribution is 2.09. The van der Waals surface area contributed by atoms with E-state index in [1.165, 1.54) is 4.88 Å². The van der Waals surface area contributed by atoms with Crippen molar-refractivity contribution in [2.75, 3.05) is 13.1 Å². The molecule has 0 fully saturated rings. The maximum atomic E-state index is 5.33. The molecule has 0 unspecified atom stereocenters. The SMILES string of the molecule is CC(C)CNC(=NCc1cccs1)NCCc1ccco1. The van der Waals surface area contributed by atoms with Gasteiger partial charge in [-0.3, -0.25) is 0 Å². The van der Waals surface area contributed by atoms with Crippen LogP contribution in [-0.2, 0) is 13.0 Å². The Hall–Kier alpha value is -1.75. The van der Waals surface area contributed by atoms with Crippen LogP contribution < -0.4 is 10.6 Å². The van der Waals surface area contributed by atoms with Gasteiger partial charge in [-0.1, -0.05) is 19.9 Å². The first-order chi connectivity index (χ1) is 10.2. The fourth-order valence-electron chi connectivity index (χ4n) is 1.79. The van der Waals surface area contributed by atoms with Gasteiger partial charge in [0.05, 0.1) is 12.8 Å². The second kappa shape index (κ2) is 8.52. The standard InChI is InChI=1S/C16H23N3OS/c1-13(2)11-18-16(19-12-15-6-4-10-21-15)17-8-7-14-5-3-9-20-14/h3-6,9-10,13H,7-8,11-12H2,1-2H3,(H2,17,18,19). The van der Waals surface area contributed by atoms with Gasteiger partial charge in [0.25, 0.3) is 0 Å². The topological polar surface area (TPSA) is 49.6 Å². The van der Waals surface area contributed by atoms with Gasteiger partial charge in [0.15, 0.2) is 5.96 Å². The van der Waals surface area contributed by atoms with Crippen LogP contribution in [0.1, 0.15) is 24.5 Å². The van der Waals surface area contributed by atoms with Crippen LogP contribution in [0.5, 0.6) is 0 Å². The van der Waals surface area contributed by atoms with E-state index >= 15 is 0 Å². The Balaban J connectivity index is 1.83. The van der Waals surface area contributed by atoms with Gasteiger partial charge in [0.2, 0.25) is 0 Å². The van der Waals surface area contributed by atoms with E-state index in [0.29, 0.717) is 12.5 Å². The van der Waals surface area contributed by atoms with E-state index in [4.69, 9.17) is 4.42 Å². The summed E-state index contributed by atoms with van der Waals surface area (Å²) in [6.45, 7) is 6.81. The van der Waals surface area contributed by atoms with Crippen LogP contribution in [0.15, 0.2) is 45.3 Å². The highest BCUT2D eigenvalue weighted by Gasteiger charge is 2.02. The van der Waals surface area contributed by atoms with Crippen LogP contribution >= 0.6 is 11.3 Å². The lowest BCUT2D eigenvalue weighted by molar-refractivity contribution is 0.506. The minimum Gasteiger partial charge on any atom is -0.469 e. The Bertz CT molecular complexity index is 518. The summed E-state index contributed by atoms with van der Waals surface area (Å²) in [5.74, 6) is 2.44. The fraction of sp³-hybridized carbons (Fsp3) is 0.438. The van der Waals surface area contributed by atoms with Gasteiger partial charge in [-0.25, -0.2) is 4.99 Å². The molecule has 0 saturated carbocycles. The molecule has 2 N–H and O–H groups in total. The molecule has 114 valence electrons. The number of rotatable bonds is 7. The summed E-state index contributed by atoms with van der Waals surface area (Å²) in [5, 5.41) is 8.81. The Morgan fingerprint density at radius 2 is 2.19 bits per heavy atom. The van der Waals surface area contributed by atoms with Crippen molar-refractivity contribution < 1.29 is 4.42 Å². The number of nitrogens with zero attached hydrogens (tertiary/aromatic N) is 1. The smallest absolute Gasteiger partial charge is 0.191 e. The number of furan rings is 1. The van der Waals surface area contributed by atoms with Gasteiger partial charge in [-0.2, -0.15) is 0 Å². The highest BCUT2D eigenvalue weighted by molar-refractivity contribution is 7.09. The average Bonchev–Trinajstić information content (AvgIpc) is 3.14. The van der Waals surface area contributed by atoms with Gasteiger partial charge < -0.3 is 15.1 Å². The molecule has 0 aliphatic carbocycles. The third-order valence-electron chi connectivity index (χ3n) is 2.89. The molecule has 2 rings (SSSR count). The molecular weight excluding hydrogens is 282 g/mol. The Kier molecular flexibility index (Phi) is 6.34. The first-order valence-corrected chi connectivity index (χ1v) is 8.19. The van der Waals surface area contributed by atoms with Crippen molar-refractivity contribution in [3.63, 3.8) is 0 Å². The molecule has 0 aliphatic rings. The van der Waals surface area contributed by atoms with Gasteiger partial charge in [-0.15, -0.1) is 11.3 Å². The number of thiophene rings is 1. The number of guanidine groups is 1. The van der Waals surface area contributed by atoms with Crippen molar-refractivity contribution in [2.24, 2.45) is 10.9 Å². The van der Waals surface area contributed by atoms with Gasteiger partial charge >= 0.3 is 0 Å². The lowest BCUT2D eigenvalue weighted by atomic mass is 10.2. The van der Waals surface area contributed by atoms with E-state index in [9.17, 15) is 0 Å². The van der Waals surface area contributed by atoms with Gasteiger partial charge in [-0.05, 0) is 29.5 Å². The molecule has 0 atom stereocenters. The van der Waals surface area contributed by atoms with Crippen molar-refractivity contribution in [2.45, 2.75) is 26.8 Å². The minimum atomic E-state index is 0.587. The molecule has 21 heavy (non-hydrogen) atoms. The monoisotopic (exact) mass is 305 g/mol. The summed E-state index contributed by atoms with van der Waals surface area (Å²) in [4.78, 5) is 5.90. The first kappa shape index (κ1) is 15.6. The summed E-state index contributed by atoms with van der Waals surface area (Å²) in [5.41, 5.74) is 0. The number of aliphatic imine (C=N–C) groups is 1. The molecular formula is C16H23N3OS. The van der Waals surface area contributed by atoms with E-state index in [1.807, 2.05) is 12.1 Å². The lowest BCUT2D eigenvalue weighted by Gasteiger charge is -2.13. The van der Waals surface area contributed by atoms with Crippen LogP contribution in [0.25, 0.3) is 0 Å². The molecule has 0 amide bonds. The summed E-state index contributed by atoms with van der Waals surface area (Å²) in [6, 6.07) is 8.07. The second-order valence-electron chi connectivity index (χ2n) is 5.28. The zero-order valence-corrected chi connectivity index (χ0v) is 13.5. The normalized spacial score (nSPS) is 11.9. The number of hydrogen-bond donors (Lipinski definition) is 2. The lowest BCUT2D eigenvalue weighted by Crippen LogP contribution is -2.40. The zero-order valence-electron chi connectivity index (χ0n) is 12.6. The molecule has 2 aromatic heterocycles. The Morgan fingerprint density at radius 3 is 2.86 bits per heavy atom. The average molecular weight is 305 g/mol. The largest absolute Gasteiger partial charge is 0.469 e. The third kappa shape index (κ3) is 6.04. The molecule has 0 radical (unpaired) electrons. The predicted molar refractivity (Wildman–Crippen MR) is 88.7 cm³/mol. The van der Waals surface area contributed by atoms with E-state index in [-0.39, 0.29) is 0 Å². The van der Waals surface area contributed by atoms with Crippen molar-refractivity contribution in [3.8, 4) is 0 Å².